The van der Waals surface area contributed by atoms with Gasteiger partial charge in [0.25, 0.3) is 0 Å². The van der Waals surface area contributed by atoms with Crippen LogP contribution in [0.15, 0.2) is 133 Å². The van der Waals surface area contributed by atoms with Crippen LogP contribution in [0.25, 0.3) is 11.1 Å². The Kier molecular flexibility index (Phi) is 13.2. The van der Waals surface area contributed by atoms with Gasteiger partial charge in [0.15, 0.2) is 6.29 Å². The second-order valence-electron chi connectivity index (χ2n) is 13.8. The summed E-state index contributed by atoms with van der Waals surface area (Å²) in [4.78, 5) is 25.4. The molecule has 1 saturated heterocycles. The van der Waals surface area contributed by atoms with Crippen molar-refractivity contribution in [3.05, 3.63) is 167 Å². The first-order valence-corrected chi connectivity index (χ1v) is 18.3. The molecule has 8 heteroatoms. The Balaban J connectivity index is 1.21. The van der Waals surface area contributed by atoms with Gasteiger partial charge < -0.3 is 25.0 Å². The predicted octanol–water partition coefficient (Wildman–Crippen LogP) is 8.21. The van der Waals surface area contributed by atoms with Crippen molar-refractivity contribution in [2.24, 2.45) is 5.92 Å². The molecule has 6 rings (SSSR count). The minimum atomic E-state index is -0.898. The monoisotopic (exact) mass is 712 g/mol. The SMILES string of the molecule is CC1C(CN(Cc2ccccc2)Cc2ccccc2)OC(c2ccc(-c3cccc(CNC(=O)CCCC(=O)O)c3)cc2)OC1c1ccc(CO)cc1. The van der Waals surface area contributed by atoms with Crippen LogP contribution in [0.3, 0.4) is 0 Å². The number of rotatable bonds is 16. The molecule has 1 aliphatic heterocycles. The lowest BCUT2D eigenvalue weighted by Gasteiger charge is -2.43. The number of ether oxygens (including phenoxy) is 2. The zero-order valence-corrected chi connectivity index (χ0v) is 30.1. The maximum atomic E-state index is 12.2. The second-order valence-corrected chi connectivity index (χ2v) is 13.8. The van der Waals surface area contributed by atoms with E-state index in [1.54, 1.807) is 0 Å². The van der Waals surface area contributed by atoms with E-state index in [0.717, 1.165) is 46.5 Å². The van der Waals surface area contributed by atoms with E-state index >= 15 is 0 Å². The molecule has 53 heavy (non-hydrogen) atoms. The molecule has 274 valence electrons. The van der Waals surface area contributed by atoms with Crippen molar-refractivity contribution < 1.29 is 29.3 Å². The van der Waals surface area contributed by atoms with Crippen molar-refractivity contribution >= 4 is 11.9 Å². The Morgan fingerprint density at radius 1 is 0.679 bits per heavy atom. The number of amides is 1. The minimum absolute atomic E-state index is 0.0118. The number of nitrogens with zero attached hydrogens (tertiary/aromatic N) is 1. The number of hydrogen-bond acceptors (Lipinski definition) is 6. The number of benzene rings is 5. The van der Waals surface area contributed by atoms with Crippen LogP contribution >= 0.6 is 0 Å². The highest BCUT2D eigenvalue weighted by Crippen LogP contribution is 2.42. The standard InChI is InChI=1S/C45H48N2O6/c1-32-41(30-47(28-33-10-4-2-5-11-33)29-34-12-6-3-7-13-34)52-45(53-44(32)38-20-18-35(31-48)19-21-38)39-24-22-37(23-25-39)40-15-8-14-36(26-40)27-46-42(49)16-9-17-43(50)51/h2-8,10-15,18-26,32,41,44-45,48H,9,16-17,27-31H2,1H3,(H,46,49)(H,50,51). The fraction of sp³-hybridized carbons (Fsp3) is 0.289. The molecular formula is C45H48N2O6. The molecule has 1 fully saturated rings. The molecule has 0 saturated carbocycles. The van der Waals surface area contributed by atoms with Gasteiger partial charge >= 0.3 is 5.97 Å². The van der Waals surface area contributed by atoms with E-state index in [9.17, 15) is 14.7 Å². The van der Waals surface area contributed by atoms with Crippen LogP contribution in [-0.4, -0.2) is 39.6 Å². The topological polar surface area (TPSA) is 108 Å². The number of carboxylic acids is 1. The van der Waals surface area contributed by atoms with Crippen LogP contribution < -0.4 is 5.32 Å². The smallest absolute Gasteiger partial charge is 0.303 e. The molecule has 4 unspecified atom stereocenters. The molecular weight excluding hydrogens is 665 g/mol. The number of aliphatic carboxylic acids is 1. The predicted molar refractivity (Wildman–Crippen MR) is 205 cm³/mol. The quantitative estimate of drug-likeness (QED) is 0.0947. The molecule has 0 radical (unpaired) electrons. The molecule has 1 heterocycles. The van der Waals surface area contributed by atoms with Gasteiger partial charge in [-0.3, -0.25) is 14.5 Å². The lowest BCUT2D eigenvalue weighted by molar-refractivity contribution is -0.276. The van der Waals surface area contributed by atoms with E-state index < -0.39 is 12.3 Å². The zero-order chi connectivity index (χ0) is 37.0. The first-order valence-electron chi connectivity index (χ1n) is 18.3. The van der Waals surface area contributed by atoms with Gasteiger partial charge in [0.05, 0.1) is 18.8 Å². The van der Waals surface area contributed by atoms with E-state index in [0.29, 0.717) is 19.5 Å². The van der Waals surface area contributed by atoms with Gasteiger partial charge in [-0.25, -0.2) is 0 Å². The van der Waals surface area contributed by atoms with Crippen molar-refractivity contribution in [2.75, 3.05) is 6.54 Å². The van der Waals surface area contributed by atoms with Gasteiger partial charge in [0, 0.05) is 50.5 Å². The fourth-order valence-electron chi connectivity index (χ4n) is 6.83. The summed E-state index contributed by atoms with van der Waals surface area (Å²) in [5, 5.41) is 21.4. The highest BCUT2D eigenvalue weighted by molar-refractivity contribution is 5.76. The Bertz CT molecular complexity index is 1860. The van der Waals surface area contributed by atoms with Crippen LogP contribution in [0.2, 0.25) is 0 Å². The number of aliphatic hydroxyl groups excluding tert-OH is 1. The summed E-state index contributed by atoms with van der Waals surface area (Å²) in [6.07, 6.45) is -0.472. The lowest BCUT2D eigenvalue weighted by Crippen LogP contribution is -2.44. The fourth-order valence-corrected chi connectivity index (χ4v) is 6.83. The summed E-state index contributed by atoms with van der Waals surface area (Å²) >= 11 is 0. The molecule has 4 atom stereocenters. The Labute approximate surface area is 312 Å². The first-order chi connectivity index (χ1) is 25.8. The van der Waals surface area contributed by atoms with E-state index in [-0.39, 0.29) is 43.5 Å². The third-order valence-corrected chi connectivity index (χ3v) is 9.79. The van der Waals surface area contributed by atoms with Crippen molar-refractivity contribution in [3.63, 3.8) is 0 Å². The normalized spacial score (nSPS) is 18.5. The van der Waals surface area contributed by atoms with Crippen molar-refractivity contribution in [3.8, 4) is 11.1 Å². The van der Waals surface area contributed by atoms with Gasteiger partial charge in [0.1, 0.15) is 0 Å². The number of carbonyl (C=O) groups is 2. The van der Waals surface area contributed by atoms with Gasteiger partial charge in [-0.1, -0.05) is 134 Å². The van der Waals surface area contributed by atoms with Gasteiger partial charge in [-0.15, -0.1) is 0 Å². The van der Waals surface area contributed by atoms with Gasteiger partial charge in [-0.2, -0.15) is 0 Å². The van der Waals surface area contributed by atoms with Crippen LogP contribution in [0.1, 0.15) is 72.0 Å². The average molecular weight is 713 g/mol. The Morgan fingerprint density at radius 3 is 1.92 bits per heavy atom. The van der Waals surface area contributed by atoms with Crippen LogP contribution in [0, 0.1) is 5.92 Å². The van der Waals surface area contributed by atoms with E-state index in [2.05, 4.69) is 96.0 Å². The van der Waals surface area contributed by atoms with Crippen molar-refractivity contribution in [2.45, 2.75) is 70.9 Å². The number of nitrogens with one attached hydrogen (secondary N) is 1. The molecule has 5 aromatic carbocycles. The third-order valence-electron chi connectivity index (χ3n) is 9.79. The molecule has 3 N–H and O–H groups in total. The van der Waals surface area contributed by atoms with Crippen LogP contribution in [-0.2, 0) is 45.3 Å². The summed E-state index contributed by atoms with van der Waals surface area (Å²) in [5.74, 6) is -1.02. The maximum absolute atomic E-state index is 12.2. The van der Waals surface area contributed by atoms with Crippen molar-refractivity contribution in [1.29, 1.82) is 0 Å². The first kappa shape index (κ1) is 37.6. The molecule has 0 spiro atoms. The second kappa shape index (κ2) is 18.6. The molecule has 1 amide bonds. The number of carbonyl (C=O) groups excluding carboxylic acids is 1. The zero-order valence-electron chi connectivity index (χ0n) is 30.1. The summed E-state index contributed by atoms with van der Waals surface area (Å²) in [7, 11) is 0. The third kappa shape index (κ3) is 10.7. The average Bonchev–Trinajstić information content (AvgIpc) is 3.19. The summed E-state index contributed by atoms with van der Waals surface area (Å²) < 4.78 is 13.6. The van der Waals surface area contributed by atoms with Gasteiger partial charge in [0.2, 0.25) is 5.91 Å². The highest BCUT2D eigenvalue weighted by atomic mass is 16.7. The largest absolute Gasteiger partial charge is 0.481 e. The molecule has 5 aromatic rings. The Hall–Kier alpha value is -5.12. The Morgan fingerprint density at radius 2 is 1.30 bits per heavy atom. The molecule has 0 aromatic heterocycles. The molecule has 0 bridgehead atoms. The summed E-state index contributed by atoms with van der Waals surface area (Å²) in [5.41, 5.74) is 8.32. The lowest BCUT2D eigenvalue weighted by atomic mass is 9.89. The van der Waals surface area contributed by atoms with Gasteiger partial charge in [-0.05, 0) is 51.4 Å². The minimum Gasteiger partial charge on any atom is -0.481 e. The molecule has 8 nitrogen and oxygen atoms in total. The summed E-state index contributed by atoms with van der Waals surface area (Å²) in [6.45, 7) is 4.83. The maximum Gasteiger partial charge on any atom is 0.303 e. The molecule has 1 aliphatic rings. The van der Waals surface area contributed by atoms with E-state index in [1.165, 1.54) is 11.1 Å². The van der Waals surface area contributed by atoms with Crippen LogP contribution in [0.4, 0.5) is 0 Å². The highest BCUT2D eigenvalue weighted by Gasteiger charge is 2.39. The van der Waals surface area contributed by atoms with E-state index in [1.807, 2.05) is 54.6 Å². The van der Waals surface area contributed by atoms with Crippen molar-refractivity contribution in [1.82, 2.24) is 10.2 Å². The van der Waals surface area contributed by atoms with Crippen LogP contribution in [0.5, 0.6) is 0 Å². The number of aliphatic hydroxyl groups is 1. The molecule has 0 aliphatic carbocycles. The number of carboxylic acid groups (broad SMARTS) is 1. The number of hydrogen-bond donors (Lipinski definition) is 3. The summed E-state index contributed by atoms with van der Waals surface area (Å²) in [6, 6.07) is 45.4. The van der Waals surface area contributed by atoms with E-state index in [4.69, 9.17) is 14.6 Å².